The minimum absolute atomic E-state index is 0.0535. The van der Waals surface area contributed by atoms with Gasteiger partial charge in [-0.25, -0.2) is 0 Å². The van der Waals surface area contributed by atoms with E-state index in [-0.39, 0.29) is 35.7 Å². The van der Waals surface area contributed by atoms with Crippen LogP contribution >= 0.6 is 11.6 Å². The molecule has 0 saturated carbocycles. The van der Waals surface area contributed by atoms with Crippen LogP contribution in [-0.2, 0) is 23.4 Å². The molecule has 2 aliphatic rings. The fourth-order valence-electron chi connectivity index (χ4n) is 6.31. The van der Waals surface area contributed by atoms with Crippen LogP contribution in [0, 0.1) is 13.8 Å². The SMILES string of the molecule is COc1ccc(CN2C(=O)c3oc4cc(C)c(C)cc4c(=O)c3C23C(=O)N(Cc2ccc(Cl)cc2)c2ccccc23)cc1. The molecule has 0 fully saturated rings. The van der Waals surface area contributed by atoms with E-state index in [0.29, 0.717) is 33.0 Å². The molecule has 0 N–H and O–H groups in total. The average molecular weight is 591 g/mol. The number of hydrogen-bond acceptors (Lipinski definition) is 5. The van der Waals surface area contributed by atoms with Crippen LogP contribution in [0.4, 0.5) is 5.69 Å². The molecule has 3 heterocycles. The molecule has 5 aromatic rings. The summed E-state index contributed by atoms with van der Waals surface area (Å²) < 4.78 is 11.6. The van der Waals surface area contributed by atoms with Crippen LogP contribution in [0.3, 0.4) is 0 Å². The third-order valence-electron chi connectivity index (χ3n) is 8.61. The van der Waals surface area contributed by atoms with E-state index in [1.807, 2.05) is 62.4 Å². The predicted octanol–water partition coefficient (Wildman–Crippen LogP) is 6.52. The smallest absolute Gasteiger partial charge is 0.291 e. The fourth-order valence-corrected chi connectivity index (χ4v) is 6.44. The summed E-state index contributed by atoms with van der Waals surface area (Å²) in [6, 6.07) is 25.5. The highest BCUT2D eigenvalue weighted by Gasteiger charge is 2.65. The number of amides is 2. The van der Waals surface area contributed by atoms with Crippen LogP contribution in [0.15, 0.2) is 94.1 Å². The number of hydrogen-bond donors (Lipinski definition) is 0. The van der Waals surface area contributed by atoms with Gasteiger partial charge in [-0.1, -0.05) is 54.1 Å². The quantitative estimate of drug-likeness (QED) is 0.233. The zero-order valence-corrected chi connectivity index (χ0v) is 24.6. The number of carbonyl (C=O) groups excluding carboxylic acids is 2. The number of carbonyl (C=O) groups is 2. The highest BCUT2D eigenvalue weighted by molar-refractivity contribution is 6.30. The Bertz CT molecular complexity index is 2020. The van der Waals surface area contributed by atoms with E-state index < -0.39 is 11.4 Å². The maximum Gasteiger partial charge on any atom is 0.291 e. The summed E-state index contributed by atoms with van der Waals surface area (Å²) in [6.07, 6.45) is 0. The molecular formula is C35H27ClN2O5. The molecule has 0 saturated heterocycles. The summed E-state index contributed by atoms with van der Waals surface area (Å²) in [5, 5.41) is 0.922. The number of ether oxygens (including phenoxy) is 1. The van der Waals surface area contributed by atoms with E-state index in [1.54, 1.807) is 48.4 Å². The highest BCUT2D eigenvalue weighted by atomic mass is 35.5. The number of fused-ring (bicyclic) bond motifs is 5. The predicted molar refractivity (Wildman–Crippen MR) is 165 cm³/mol. The second-order valence-corrected chi connectivity index (χ2v) is 11.5. The van der Waals surface area contributed by atoms with Crippen molar-refractivity contribution in [3.05, 3.63) is 139 Å². The molecule has 1 atom stereocenters. The van der Waals surface area contributed by atoms with Crippen molar-refractivity contribution >= 4 is 40.1 Å². The van der Waals surface area contributed by atoms with Crippen LogP contribution in [0.5, 0.6) is 5.75 Å². The van der Waals surface area contributed by atoms with E-state index in [2.05, 4.69) is 0 Å². The highest BCUT2D eigenvalue weighted by Crippen LogP contribution is 2.53. The molecule has 7 rings (SSSR count). The molecule has 2 aliphatic heterocycles. The molecule has 1 unspecified atom stereocenters. The first-order valence-electron chi connectivity index (χ1n) is 13.9. The minimum Gasteiger partial charge on any atom is -0.497 e. The van der Waals surface area contributed by atoms with Crippen molar-refractivity contribution in [2.45, 2.75) is 32.5 Å². The number of anilines is 1. The molecule has 1 aromatic heterocycles. The normalized spacial score (nSPS) is 17.2. The number of rotatable bonds is 5. The van der Waals surface area contributed by atoms with Crippen molar-refractivity contribution in [1.82, 2.24) is 4.90 Å². The lowest BCUT2D eigenvalue weighted by Crippen LogP contribution is -2.52. The number of benzene rings is 4. The Hall–Kier alpha value is -4.88. The van der Waals surface area contributed by atoms with Gasteiger partial charge >= 0.3 is 0 Å². The number of halogens is 1. The molecule has 7 nitrogen and oxygen atoms in total. The van der Waals surface area contributed by atoms with Gasteiger partial charge in [-0.15, -0.1) is 0 Å². The summed E-state index contributed by atoms with van der Waals surface area (Å²) in [5.74, 6) is -0.343. The fraction of sp³-hybridized carbons (Fsp3) is 0.171. The van der Waals surface area contributed by atoms with Gasteiger partial charge in [-0.2, -0.15) is 0 Å². The van der Waals surface area contributed by atoms with Crippen molar-refractivity contribution in [2.24, 2.45) is 0 Å². The van der Waals surface area contributed by atoms with E-state index in [4.69, 9.17) is 20.8 Å². The number of methoxy groups -OCH3 is 1. The lowest BCUT2D eigenvalue weighted by Gasteiger charge is -2.34. The van der Waals surface area contributed by atoms with Crippen LogP contribution in [0.1, 0.15) is 43.9 Å². The minimum atomic E-state index is -1.72. The monoisotopic (exact) mass is 590 g/mol. The largest absolute Gasteiger partial charge is 0.497 e. The Balaban J connectivity index is 1.49. The number of para-hydroxylation sites is 1. The van der Waals surface area contributed by atoms with Gasteiger partial charge in [-0.3, -0.25) is 14.4 Å². The number of aryl methyl sites for hydroxylation is 2. The molecule has 0 aliphatic carbocycles. The first-order valence-corrected chi connectivity index (χ1v) is 14.3. The third kappa shape index (κ3) is 3.92. The Labute approximate surface area is 252 Å². The van der Waals surface area contributed by atoms with E-state index in [9.17, 15) is 14.4 Å². The maximum absolute atomic E-state index is 15.0. The molecular weight excluding hydrogens is 564 g/mol. The number of nitrogens with zero attached hydrogens (tertiary/aromatic N) is 2. The van der Waals surface area contributed by atoms with Gasteiger partial charge in [0.1, 0.15) is 11.3 Å². The van der Waals surface area contributed by atoms with Gasteiger partial charge in [-0.05, 0) is 78.6 Å². The molecule has 0 radical (unpaired) electrons. The van der Waals surface area contributed by atoms with Crippen molar-refractivity contribution in [3.8, 4) is 5.75 Å². The van der Waals surface area contributed by atoms with Gasteiger partial charge in [0, 0.05) is 17.1 Å². The van der Waals surface area contributed by atoms with Crippen molar-refractivity contribution in [2.75, 3.05) is 12.0 Å². The van der Waals surface area contributed by atoms with E-state index in [0.717, 1.165) is 22.3 Å². The first kappa shape index (κ1) is 27.0. The molecule has 8 heteroatoms. The zero-order chi connectivity index (χ0) is 30.0. The lowest BCUT2D eigenvalue weighted by molar-refractivity contribution is -0.126. The standard InChI is InChI=1S/C35H27ClN2O5/c1-20-16-26-29(17-21(20)2)43-32-30(31(26)39)35(38(33(32)40)19-23-10-14-25(42-3)15-11-23)27-6-4-5-7-28(27)37(34(35)41)18-22-8-12-24(36)13-9-22/h4-17H,18-19H2,1-3H3. The van der Waals surface area contributed by atoms with Gasteiger partial charge in [0.05, 0.1) is 30.3 Å². The summed E-state index contributed by atoms with van der Waals surface area (Å²) >= 11 is 6.13. The lowest BCUT2D eigenvalue weighted by atomic mass is 9.83. The van der Waals surface area contributed by atoms with E-state index >= 15 is 0 Å². The molecule has 1 spiro atoms. The zero-order valence-electron chi connectivity index (χ0n) is 23.8. The van der Waals surface area contributed by atoms with Crippen LogP contribution in [0.2, 0.25) is 5.02 Å². The summed E-state index contributed by atoms with van der Waals surface area (Å²) in [6.45, 7) is 4.14. The molecule has 0 bridgehead atoms. The maximum atomic E-state index is 15.0. The Morgan fingerprint density at radius 2 is 1.49 bits per heavy atom. The third-order valence-corrected chi connectivity index (χ3v) is 8.86. The second kappa shape index (κ2) is 9.85. The molecule has 214 valence electrons. The summed E-state index contributed by atoms with van der Waals surface area (Å²) in [4.78, 5) is 47.0. The van der Waals surface area contributed by atoms with Gasteiger partial charge in [0.2, 0.25) is 5.76 Å². The van der Waals surface area contributed by atoms with Crippen LogP contribution < -0.4 is 15.1 Å². The van der Waals surface area contributed by atoms with Gasteiger partial charge < -0.3 is 19.0 Å². The van der Waals surface area contributed by atoms with E-state index in [1.165, 1.54) is 4.90 Å². The van der Waals surface area contributed by atoms with Crippen molar-refractivity contribution in [1.29, 1.82) is 0 Å². The Kier molecular flexibility index (Phi) is 6.18. The Morgan fingerprint density at radius 3 is 2.21 bits per heavy atom. The van der Waals surface area contributed by atoms with Crippen LogP contribution in [0.25, 0.3) is 11.0 Å². The van der Waals surface area contributed by atoms with Crippen LogP contribution in [-0.4, -0.2) is 23.8 Å². The molecule has 4 aromatic carbocycles. The second-order valence-electron chi connectivity index (χ2n) is 11.1. The molecule has 43 heavy (non-hydrogen) atoms. The average Bonchev–Trinajstić information content (AvgIpc) is 3.40. The summed E-state index contributed by atoms with van der Waals surface area (Å²) in [5.41, 5.74) is 2.92. The van der Waals surface area contributed by atoms with Crippen molar-refractivity contribution in [3.63, 3.8) is 0 Å². The van der Waals surface area contributed by atoms with Gasteiger partial charge in [0.15, 0.2) is 11.0 Å². The summed E-state index contributed by atoms with van der Waals surface area (Å²) in [7, 11) is 1.58. The first-order chi connectivity index (χ1) is 20.7. The van der Waals surface area contributed by atoms with Gasteiger partial charge in [0.25, 0.3) is 11.8 Å². The molecule has 2 amide bonds. The Morgan fingerprint density at radius 1 is 0.837 bits per heavy atom. The van der Waals surface area contributed by atoms with Crippen molar-refractivity contribution < 1.29 is 18.7 Å². The topological polar surface area (TPSA) is 80.1 Å².